The third-order valence-electron chi connectivity index (χ3n) is 5.14. The van der Waals surface area contributed by atoms with Crippen LogP contribution in [0.4, 0.5) is 20.3 Å². The van der Waals surface area contributed by atoms with Crippen molar-refractivity contribution in [1.82, 2.24) is 24.6 Å². The molecule has 0 saturated heterocycles. The smallest absolute Gasteiger partial charge is 0.257 e. The molecule has 28 heavy (non-hydrogen) atoms. The molecule has 0 fully saturated rings. The minimum atomic E-state index is -0.927. The van der Waals surface area contributed by atoms with E-state index < -0.39 is 11.6 Å². The Kier molecular flexibility index (Phi) is 4.01. The first-order valence-electron chi connectivity index (χ1n) is 8.95. The maximum absolute atomic E-state index is 15.0. The lowest BCUT2D eigenvalue weighted by molar-refractivity contribution is 0.516. The van der Waals surface area contributed by atoms with Gasteiger partial charge in [0.05, 0.1) is 22.8 Å². The number of anilines is 2. The van der Waals surface area contributed by atoms with Gasteiger partial charge >= 0.3 is 0 Å². The molecule has 0 saturated carbocycles. The van der Waals surface area contributed by atoms with Crippen LogP contribution in [0.1, 0.15) is 24.2 Å². The van der Waals surface area contributed by atoms with E-state index in [-0.39, 0.29) is 5.39 Å². The van der Waals surface area contributed by atoms with E-state index in [1.54, 1.807) is 29.8 Å². The van der Waals surface area contributed by atoms with Crippen molar-refractivity contribution in [2.45, 2.75) is 26.2 Å². The van der Waals surface area contributed by atoms with Crippen LogP contribution in [0.15, 0.2) is 29.0 Å². The number of hydrogen-bond acceptors (Lipinski definition) is 5. The Labute approximate surface area is 167 Å². The molecular formula is C19H15BrF2N6. The number of aryl methyl sites for hydroxylation is 1. The third kappa shape index (κ3) is 2.49. The molecule has 1 aliphatic rings. The summed E-state index contributed by atoms with van der Waals surface area (Å²) >= 11 is 3.57. The van der Waals surface area contributed by atoms with Gasteiger partial charge in [-0.25, -0.2) is 8.78 Å². The van der Waals surface area contributed by atoms with Gasteiger partial charge in [-0.2, -0.15) is 4.98 Å². The normalized spacial score (nSPS) is 14.5. The van der Waals surface area contributed by atoms with E-state index in [4.69, 9.17) is 0 Å². The summed E-state index contributed by atoms with van der Waals surface area (Å²) in [4.78, 5) is 10.8. The van der Waals surface area contributed by atoms with Crippen LogP contribution in [0, 0.1) is 18.6 Å². The van der Waals surface area contributed by atoms with Gasteiger partial charge in [-0.05, 0) is 59.8 Å². The number of halogens is 3. The topological polar surface area (TPSA) is 59.2 Å². The standard InChI is InChI=1S/C19H15BrF2N6/c1-10-25-26-19-24-18(16-14(28(10)19)6-5-13(21)17(16)22)27-7-3-2-4-11-12(20)8-23-9-15(11)27/h5-6,8-9H,2-4,7H2,1H3. The van der Waals surface area contributed by atoms with E-state index in [0.29, 0.717) is 29.5 Å². The number of nitrogens with zero attached hydrogens (tertiary/aromatic N) is 6. The molecule has 0 aliphatic carbocycles. The third-order valence-corrected chi connectivity index (χ3v) is 5.82. The summed E-state index contributed by atoms with van der Waals surface area (Å²) in [5, 5.41) is 8.28. The number of benzene rings is 1. The van der Waals surface area contributed by atoms with E-state index in [9.17, 15) is 4.39 Å². The molecule has 5 rings (SSSR count). The molecule has 0 unspecified atom stereocenters. The summed E-state index contributed by atoms with van der Waals surface area (Å²) in [6, 6.07) is 2.66. The van der Waals surface area contributed by atoms with Crippen molar-refractivity contribution in [1.29, 1.82) is 0 Å². The molecule has 0 atom stereocenters. The molecule has 0 amide bonds. The van der Waals surface area contributed by atoms with E-state index >= 15 is 4.39 Å². The van der Waals surface area contributed by atoms with E-state index in [1.807, 2.05) is 4.90 Å². The van der Waals surface area contributed by atoms with Crippen molar-refractivity contribution < 1.29 is 8.78 Å². The Balaban J connectivity index is 1.89. The van der Waals surface area contributed by atoms with Crippen LogP contribution in [-0.4, -0.2) is 31.1 Å². The lowest BCUT2D eigenvalue weighted by atomic mass is 10.1. The monoisotopic (exact) mass is 444 g/mol. The van der Waals surface area contributed by atoms with Crippen molar-refractivity contribution >= 4 is 44.1 Å². The maximum Gasteiger partial charge on any atom is 0.257 e. The van der Waals surface area contributed by atoms with Gasteiger partial charge in [0.25, 0.3) is 5.78 Å². The molecule has 9 heteroatoms. The Morgan fingerprint density at radius 3 is 2.82 bits per heavy atom. The van der Waals surface area contributed by atoms with Gasteiger partial charge in [-0.1, -0.05) is 0 Å². The van der Waals surface area contributed by atoms with Crippen LogP contribution in [0.2, 0.25) is 0 Å². The minimum absolute atomic E-state index is 0.114. The molecule has 4 aromatic rings. The van der Waals surface area contributed by atoms with Crippen LogP contribution in [0.5, 0.6) is 0 Å². The predicted octanol–water partition coefficient (Wildman–Crippen LogP) is 4.50. The van der Waals surface area contributed by atoms with Crippen molar-refractivity contribution in [2.75, 3.05) is 11.4 Å². The highest BCUT2D eigenvalue weighted by atomic mass is 79.9. The highest BCUT2D eigenvalue weighted by molar-refractivity contribution is 9.10. The highest BCUT2D eigenvalue weighted by Gasteiger charge is 2.26. The zero-order chi connectivity index (χ0) is 19.4. The highest BCUT2D eigenvalue weighted by Crippen LogP contribution is 2.39. The molecule has 0 radical (unpaired) electrons. The lowest BCUT2D eigenvalue weighted by Crippen LogP contribution is -2.21. The average molecular weight is 445 g/mol. The summed E-state index contributed by atoms with van der Waals surface area (Å²) in [6.45, 7) is 2.37. The fraction of sp³-hybridized carbons (Fsp3) is 0.263. The molecule has 0 N–H and O–H groups in total. The quantitative estimate of drug-likeness (QED) is 0.432. The largest absolute Gasteiger partial charge is 0.324 e. The van der Waals surface area contributed by atoms with E-state index in [2.05, 4.69) is 36.1 Å². The molecule has 1 aromatic carbocycles. The number of aromatic nitrogens is 5. The van der Waals surface area contributed by atoms with Crippen molar-refractivity contribution in [3.63, 3.8) is 0 Å². The Morgan fingerprint density at radius 1 is 1.11 bits per heavy atom. The molecule has 0 spiro atoms. The van der Waals surface area contributed by atoms with Gasteiger partial charge in [-0.15, -0.1) is 10.2 Å². The number of fused-ring (bicyclic) bond motifs is 4. The first kappa shape index (κ1) is 17.4. The fourth-order valence-corrected chi connectivity index (χ4v) is 4.35. The summed E-state index contributed by atoms with van der Waals surface area (Å²) < 4.78 is 31.7. The fourth-order valence-electron chi connectivity index (χ4n) is 3.83. The van der Waals surface area contributed by atoms with E-state index in [1.165, 1.54) is 0 Å². The minimum Gasteiger partial charge on any atom is -0.324 e. The van der Waals surface area contributed by atoms with Gasteiger partial charge < -0.3 is 4.90 Å². The molecule has 6 nitrogen and oxygen atoms in total. The van der Waals surface area contributed by atoms with Gasteiger partial charge in [-0.3, -0.25) is 9.38 Å². The Bertz CT molecular complexity index is 1240. The van der Waals surface area contributed by atoms with E-state index in [0.717, 1.165) is 41.1 Å². The average Bonchev–Trinajstić information content (AvgIpc) is 2.92. The molecule has 0 bridgehead atoms. The van der Waals surface area contributed by atoms with Crippen LogP contribution >= 0.6 is 15.9 Å². The molecule has 1 aliphatic heterocycles. The Hall–Kier alpha value is -2.68. The second-order valence-corrected chi connectivity index (χ2v) is 7.66. The summed E-state index contributed by atoms with van der Waals surface area (Å²) in [6.07, 6.45) is 6.23. The molecule has 4 heterocycles. The molecule has 142 valence electrons. The first-order chi connectivity index (χ1) is 13.6. The van der Waals surface area contributed by atoms with Crippen LogP contribution in [0.3, 0.4) is 0 Å². The number of rotatable bonds is 1. The zero-order valence-electron chi connectivity index (χ0n) is 15.0. The van der Waals surface area contributed by atoms with Crippen molar-refractivity contribution in [3.8, 4) is 0 Å². The maximum atomic E-state index is 15.0. The van der Waals surface area contributed by atoms with Crippen molar-refractivity contribution in [2.24, 2.45) is 0 Å². The summed E-state index contributed by atoms with van der Waals surface area (Å²) in [7, 11) is 0. The van der Waals surface area contributed by atoms with Crippen molar-refractivity contribution in [3.05, 3.63) is 52.0 Å². The number of hydrogen-bond donors (Lipinski definition) is 0. The SMILES string of the molecule is Cc1nnc2nc(N3CCCCc4c(Br)cncc43)c3c(F)c(F)ccc3n12. The van der Waals surface area contributed by atoms with Gasteiger partial charge in [0.2, 0.25) is 0 Å². The van der Waals surface area contributed by atoms with Crippen LogP contribution in [0.25, 0.3) is 16.7 Å². The first-order valence-corrected chi connectivity index (χ1v) is 9.75. The Morgan fingerprint density at radius 2 is 1.96 bits per heavy atom. The second-order valence-electron chi connectivity index (χ2n) is 6.80. The molecule has 3 aromatic heterocycles. The summed E-state index contributed by atoms with van der Waals surface area (Å²) in [5.41, 5.74) is 2.40. The lowest BCUT2D eigenvalue weighted by Gasteiger charge is -2.25. The number of pyridine rings is 1. The van der Waals surface area contributed by atoms with Gasteiger partial charge in [0, 0.05) is 17.2 Å². The zero-order valence-corrected chi connectivity index (χ0v) is 16.5. The molecular weight excluding hydrogens is 430 g/mol. The van der Waals surface area contributed by atoms with Crippen LogP contribution in [-0.2, 0) is 6.42 Å². The predicted molar refractivity (Wildman–Crippen MR) is 105 cm³/mol. The van der Waals surface area contributed by atoms with Gasteiger partial charge in [0.1, 0.15) is 11.6 Å². The second kappa shape index (κ2) is 6.44. The van der Waals surface area contributed by atoms with Crippen LogP contribution < -0.4 is 4.90 Å². The van der Waals surface area contributed by atoms with Gasteiger partial charge in [0.15, 0.2) is 11.6 Å². The summed E-state index contributed by atoms with van der Waals surface area (Å²) in [5.74, 6) is -0.604.